The molecule has 0 saturated carbocycles. The summed E-state index contributed by atoms with van der Waals surface area (Å²) in [6, 6.07) is 12.1. The molecule has 1 aliphatic rings. The number of hydrogen-bond donors (Lipinski definition) is 1. The maximum absolute atomic E-state index is 12.3. The van der Waals surface area contributed by atoms with Gasteiger partial charge in [-0.3, -0.25) is 4.79 Å². The monoisotopic (exact) mass is 259 g/mol. The Morgan fingerprint density at radius 1 is 1.11 bits per heavy atom. The molecule has 0 aromatic heterocycles. The normalized spacial score (nSPS) is 13.2. The van der Waals surface area contributed by atoms with Gasteiger partial charge >= 0.3 is 0 Å². The van der Waals surface area contributed by atoms with Gasteiger partial charge in [0.05, 0.1) is 0 Å². The third-order valence-corrected chi connectivity index (χ3v) is 3.17. The number of hydrogen-bond acceptors (Lipinski definition) is 2. The van der Waals surface area contributed by atoms with E-state index in [0.29, 0.717) is 6.54 Å². The van der Waals surface area contributed by atoms with Crippen LogP contribution in [-0.4, -0.2) is 19.4 Å². The van der Waals surface area contributed by atoms with Gasteiger partial charge in [0.1, 0.15) is 0 Å². The molecule has 3 rings (SSSR count). The van der Waals surface area contributed by atoms with Crippen molar-refractivity contribution in [3.8, 4) is 0 Å². The fourth-order valence-corrected chi connectivity index (χ4v) is 2.43. The Hall–Kier alpha value is -1.64. The number of benzene rings is 2. The molecule has 0 unspecified atom stereocenters. The summed E-state index contributed by atoms with van der Waals surface area (Å²) in [6.07, 6.45) is 1.99. The smallest absolute Gasteiger partial charge is 0.190 e. The average molecular weight is 260 g/mol. The number of ketones is 1. The predicted octanol–water partition coefficient (Wildman–Crippen LogP) is 3.06. The summed E-state index contributed by atoms with van der Waals surface area (Å²) in [6.45, 7) is 0.615. The molecular weight excluding hydrogens is 246 g/mol. The molecule has 0 atom stereocenters. The molecule has 0 spiro atoms. The van der Waals surface area contributed by atoms with Gasteiger partial charge in [0.15, 0.2) is 5.78 Å². The molecule has 1 N–H and O–H groups in total. The van der Waals surface area contributed by atoms with Crippen LogP contribution >= 0.6 is 12.4 Å². The van der Waals surface area contributed by atoms with Crippen LogP contribution in [0.1, 0.15) is 15.9 Å². The Balaban J connectivity index is 0.00000120. The number of likely N-dealkylation sites (N-methyl/N-ethyl adjacent to an activating group) is 1. The second-order valence-corrected chi connectivity index (χ2v) is 4.28. The second kappa shape index (κ2) is 4.92. The zero-order valence-corrected chi connectivity index (χ0v) is 10.9. The molecule has 92 valence electrons. The minimum Gasteiger partial charge on any atom is -0.316 e. The highest BCUT2D eigenvalue weighted by molar-refractivity contribution is 6.22. The molecule has 0 heterocycles. The van der Waals surface area contributed by atoms with Crippen molar-refractivity contribution in [3.63, 3.8) is 0 Å². The van der Waals surface area contributed by atoms with E-state index in [1.165, 1.54) is 0 Å². The van der Waals surface area contributed by atoms with E-state index in [4.69, 9.17) is 0 Å². The average Bonchev–Trinajstić information content (AvgIpc) is 2.36. The molecule has 18 heavy (non-hydrogen) atoms. The van der Waals surface area contributed by atoms with Crippen LogP contribution in [0.4, 0.5) is 0 Å². The Morgan fingerprint density at radius 2 is 1.83 bits per heavy atom. The molecule has 0 fully saturated rings. The van der Waals surface area contributed by atoms with Crippen molar-refractivity contribution >= 4 is 35.0 Å². The van der Waals surface area contributed by atoms with Gasteiger partial charge in [0.25, 0.3) is 0 Å². The summed E-state index contributed by atoms with van der Waals surface area (Å²) in [4.78, 5) is 12.3. The summed E-state index contributed by atoms with van der Waals surface area (Å²) in [5.74, 6) is 0.142. The van der Waals surface area contributed by atoms with Gasteiger partial charge in [-0.2, -0.15) is 0 Å². The van der Waals surface area contributed by atoms with Gasteiger partial charge in [0, 0.05) is 23.1 Å². The van der Waals surface area contributed by atoms with E-state index < -0.39 is 0 Å². The molecule has 2 aromatic rings. The van der Waals surface area contributed by atoms with Crippen LogP contribution in [0.25, 0.3) is 16.8 Å². The van der Waals surface area contributed by atoms with Gasteiger partial charge in [-0.15, -0.1) is 12.4 Å². The van der Waals surface area contributed by atoms with E-state index in [1.807, 2.05) is 43.5 Å². The standard InChI is InChI=1S/C15H13NO.ClH/c1-16-9-12-8-11-6-2-4-10-5-3-7-13(14(10)11)15(12)17;/h2-8,16H,9H2,1H3;1H. The number of Topliss-reactive ketones (excluding diaryl/α,β-unsaturated/α-hetero) is 1. The highest BCUT2D eigenvalue weighted by atomic mass is 35.5. The van der Waals surface area contributed by atoms with E-state index >= 15 is 0 Å². The van der Waals surface area contributed by atoms with E-state index in [2.05, 4.69) is 11.4 Å². The molecule has 1 aliphatic carbocycles. The topological polar surface area (TPSA) is 29.1 Å². The summed E-state index contributed by atoms with van der Waals surface area (Å²) in [5.41, 5.74) is 2.80. The zero-order valence-electron chi connectivity index (χ0n) is 10.1. The number of rotatable bonds is 2. The lowest BCUT2D eigenvalue weighted by atomic mass is 9.88. The van der Waals surface area contributed by atoms with Crippen LogP contribution in [-0.2, 0) is 0 Å². The first-order valence-corrected chi connectivity index (χ1v) is 5.73. The third-order valence-electron chi connectivity index (χ3n) is 3.17. The van der Waals surface area contributed by atoms with Crippen LogP contribution in [0, 0.1) is 0 Å². The highest BCUT2D eigenvalue weighted by Gasteiger charge is 2.20. The van der Waals surface area contributed by atoms with Crippen molar-refractivity contribution in [3.05, 3.63) is 53.1 Å². The summed E-state index contributed by atoms with van der Waals surface area (Å²) >= 11 is 0. The lowest BCUT2D eigenvalue weighted by molar-refractivity contribution is 0.103. The first kappa shape index (κ1) is 12.8. The molecule has 2 nitrogen and oxygen atoms in total. The van der Waals surface area contributed by atoms with Crippen molar-refractivity contribution in [2.45, 2.75) is 0 Å². The summed E-state index contributed by atoms with van der Waals surface area (Å²) < 4.78 is 0. The van der Waals surface area contributed by atoms with E-state index in [1.54, 1.807) is 0 Å². The molecule has 0 aliphatic heterocycles. The molecule has 0 saturated heterocycles. The Kier molecular flexibility index (Phi) is 3.50. The predicted molar refractivity (Wildman–Crippen MR) is 77.4 cm³/mol. The number of halogens is 1. The summed E-state index contributed by atoms with van der Waals surface area (Å²) in [7, 11) is 1.86. The fourth-order valence-electron chi connectivity index (χ4n) is 2.43. The zero-order chi connectivity index (χ0) is 11.8. The van der Waals surface area contributed by atoms with Crippen molar-refractivity contribution in [2.75, 3.05) is 13.6 Å². The van der Waals surface area contributed by atoms with Gasteiger partial charge < -0.3 is 5.32 Å². The molecular formula is C15H14ClNO. The van der Waals surface area contributed by atoms with E-state index in [0.717, 1.165) is 27.5 Å². The molecule has 0 bridgehead atoms. The quantitative estimate of drug-likeness (QED) is 0.898. The van der Waals surface area contributed by atoms with Crippen LogP contribution in [0.5, 0.6) is 0 Å². The lowest BCUT2D eigenvalue weighted by Gasteiger charge is -2.16. The van der Waals surface area contributed by atoms with Gasteiger partial charge in [-0.25, -0.2) is 0 Å². The second-order valence-electron chi connectivity index (χ2n) is 4.28. The molecule has 0 amide bonds. The molecule has 2 aromatic carbocycles. The molecule has 0 radical (unpaired) electrons. The van der Waals surface area contributed by atoms with Crippen LogP contribution < -0.4 is 5.32 Å². The van der Waals surface area contributed by atoms with Gasteiger partial charge in [-0.05, 0) is 24.1 Å². The minimum atomic E-state index is 0. The first-order valence-electron chi connectivity index (χ1n) is 5.73. The maximum atomic E-state index is 12.3. The number of carbonyl (C=O) groups excluding carboxylic acids is 1. The Morgan fingerprint density at radius 3 is 2.56 bits per heavy atom. The lowest BCUT2D eigenvalue weighted by Crippen LogP contribution is -2.19. The number of carbonyl (C=O) groups is 1. The van der Waals surface area contributed by atoms with Crippen molar-refractivity contribution < 1.29 is 4.79 Å². The first-order chi connectivity index (χ1) is 8.31. The maximum Gasteiger partial charge on any atom is 0.190 e. The Bertz CT molecular complexity index is 641. The van der Waals surface area contributed by atoms with Crippen molar-refractivity contribution in [1.82, 2.24) is 5.32 Å². The summed E-state index contributed by atoms with van der Waals surface area (Å²) in [5, 5.41) is 5.26. The highest BCUT2D eigenvalue weighted by Crippen LogP contribution is 2.30. The van der Waals surface area contributed by atoms with Crippen molar-refractivity contribution in [1.29, 1.82) is 0 Å². The fraction of sp³-hybridized carbons (Fsp3) is 0.133. The van der Waals surface area contributed by atoms with Crippen LogP contribution in [0.3, 0.4) is 0 Å². The Labute approximate surface area is 112 Å². The van der Waals surface area contributed by atoms with E-state index in [9.17, 15) is 4.79 Å². The van der Waals surface area contributed by atoms with Gasteiger partial charge in [0.2, 0.25) is 0 Å². The third kappa shape index (κ3) is 1.84. The van der Waals surface area contributed by atoms with Crippen LogP contribution in [0.2, 0.25) is 0 Å². The molecule has 3 heteroatoms. The minimum absolute atomic E-state index is 0. The van der Waals surface area contributed by atoms with E-state index in [-0.39, 0.29) is 18.2 Å². The van der Waals surface area contributed by atoms with Crippen molar-refractivity contribution in [2.24, 2.45) is 0 Å². The largest absolute Gasteiger partial charge is 0.316 e. The van der Waals surface area contributed by atoms with Crippen LogP contribution in [0.15, 0.2) is 42.0 Å². The SMILES string of the molecule is CNCC1=Cc2cccc3cccc(c23)C1=O.Cl. The van der Waals surface area contributed by atoms with Gasteiger partial charge in [-0.1, -0.05) is 36.4 Å². The number of nitrogens with one attached hydrogen (secondary N) is 1.